The number of hydrogen-bond acceptors (Lipinski definition) is 5. The highest BCUT2D eigenvalue weighted by atomic mass is 15.1. The normalized spacial score (nSPS) is 11.8. The molecule has 0 fully saturated rings. The van der Waals surface area contributed by atoms with Gasteiger partial charge in [0, 0.05) is 21.9 Å². The molecule has 0 bridgehead atoms. The van der Waals surface area contributed by atoms with Crippen LogP contribution in [0.25, 0.3) is 78.3 Å². The van der Waals surface area contributed by atoms with Gasteiger partial charge in [-0.05, 0) is 24.3 Å². The predicted molar refractivity (Wildman–Crippen MR) is 166 cm³/mol. The Morgan fingerprint density at radius 3 is 1.79 bits per heavy atom. The van der Waals surface area contributed by atoms with E-state index in [0.29, 0.717) is 23.3 Å². The summed E-state index contributed by atoms with van der Waals surface area (Å²) in [5.41, 5.74) is 7.67. The zero-order chi connectivity index (χ0) is 27.6. The van der Waals surface area contributed by atoms with Gasteiger partial charge in [-0.3, -0.25) is 8.80 Å². The van der Waals surface area contributed by atoms with Gasteiger partial charge in [-0.1, -0.05) is 97.1 Å². The van der Waals surface area contributed by atoms with E-state index < -0.39 is 0 Å². The van der Waals surface area contributed by atoms with Crippen molar-refractivity contribution in [3.05, 3.63) is 128 Å². The number of hydrogen-bond donors (Lipinski definition) is 0. The van der Waals surface area contributed by atoms with Crippen molar-refractivity contribution in [1.82, 2.24) is 33.7 Å². The lowest BCUT2D eigenvalue weighted by atomic mass is 10.1. The quantitative estimate of drug-likeness (QED) is 0.231. The summed E-state index contributed by atoms with van der Waals surface area (Å²) in [4.78, 5) is 24.9. The lowest BCUT2D eigenvalue weighted by molar-refractivity contribution is 1.04. The van der Waals surface area contributed by atoms with Gasteiger partial charge in [-0.15, -0.1) is 0 Å². The second-order valence-electron chi connectivity index (χ2n) is 10.3. The monoisotopic (exact) mass is 539 g/mol. The van der Waals surface area contributed by atoms with Crippen molar-refractivity contribution in [3.8, 4) is 34.4 Å². The molecule has 9 aromatic rings. The minimum Gasteiger partial charge on any atom is -0.296 e. The first-order valence-electron chi connectivity index (χ1n) is 13.8. The van der Waals surface area contributed by atoms with Crippen molar-refractivity contribution in [3.63, 3.8) is 0 Å². The maximum atomic E-state index is 5.19. The van der Waals surface area contributed by atoms with Crippen LogP contribution in [0.15, 0.2) is 128 Å². The molecule has 0 amide bonds. The fourth-order valence-corrected chi connectivity index (χ4v) is 5.96. The molecule has 7 nitrogen and oxygen atoms in total. The van der Waals surface area contributed by atoms with Gasteiger partial charge in [0.2, 0.25) is 0 Å². The van der Waals surface area contributed by atoms with Crippen molar-refractivity contribution < 1.29 is 0 Å². The molecule has 0 N–H and O–H groups in total. The van der Waals surface area contributed by atoms with Crippen LogP contribution in [0.4, 0.5) is 0 Å². The van der Waals surface area contributed by atoms with Crippen LogP contribution in [0.3, 0.4) is 0 Å². The van der Waals surface area contributed by atoms with E-state index in [1.165, 1.54) is 0 Å². The molecule has 0 atom stereocenters. The number of rotatable bonds is 3. The van der Waals surface area contributed by atoms with E-state index in [0.717, 1.165) is 55.0 Å². The molecule has 196 valence electrons. The second-order valence-corrected chi connectivity index (χ2v) is 10.3. The maximum absolute atomic E-state index is 5.19. The van der Waals surface area contributed by atoms with E-state index in [-0.39, 0.29) is 0 Å². The molecule has 0 unspecified atom stereocenters. The second kappa shape index (κ2) is 8.78. The lowest BCUT2D eigenvalue weighted by Crippen LogP contribution is -2.03. The van der Waals surface area contributed by atoms with E-state index in [2.05, 4.69) is 57.3 Å². The summed E-state index contributed by atoms with van der Waals surface area (Å²) < 4.78 is 4.36. The molecule has 7 heteroatoms. The number of aromatic nitrogens is 7. The van der Waals surface area contributed by atoms with Gasteiger partial charge < -0.3 is 0 Å². The minimum absolute atomic E-state index is 0.504. The SMILES string of the molecule is c1ccc(-c2nc(-c3ccccc3)nc(-c3nc4cccc5c4n3c3ccccc3c3cccc4ncn5c43)n2)cc1. The Hall–Kier alpha value is -5.95. The van der Waals surface area contributed by atoms with Gasteiger partial charge >= 0.3 is 0 Å². The summed E-state index contributed by atoms with van der Waals surface area (Å²) in [5, 5.41) is 2.19. The molecule has 4 heterocycles. The molecule has 0 saturated heterocycles. The van der Waals surface area contributed by atoms with Crippen LogP contribution < -0.4 is 0 Å². The standard InChI is InChI=1S/C35H21N7/c1-3-11-22(12-4-1)32-38-33(23-13-5-2-6-14-23)40-34(39-32)35-37-27-18-10-20-29-31(27)42(35)28-19-8-7-15-24(28)25-16-9-17-26-30(25)41(29)21-36-26/h1-21H. The smallest absolute Gasteiger partial charge is 0.200 e. The third kappa shape index (κ3) is 3.31. The summed E-state index contributed by atoms with van der Waals surface area (Å²) >= 11 is 0. The summed E-state index contributed by atoms with van der Waals surface area (Å²) in [6.45, 7) is 0. The summed E-state index contributed by atoms with van der Waals surface area (Å²) in [5.74, 6) is 2.35. The molecule has 4 aromatic heterocycles. The molecule has 0 aliphatic rings. The summed E-state index contributed by atoms with van der Waals surface area (Å²) in [6, 6.07) is 40.9. The summed E-state index contributed by atoms with van der Waals surface area (Å²) in [6.07, 6.45) is 1.90. The number of fused-ring (bicyclic) bond motifs is 4. The van der Waals surface area contributed by atoms with Gasteiger partial charge in [-0.25, -0.2) is 24.9 Å². The largest absolute Gasteiger partial charge is 0.296 e. The number of imidazole rings is 2. The average Bonchev–Trinajstić information content (AvgIpc) is 3.67. The Morgan fingerprint density at radius 1 is 0.429 bits per heavy atom. The molecule has 0 saturated carbocycles. The molecular weight excluding hydrogens is 518 g/mol. The Balaban J connectivity index is 1.48. The predicted octanol–water partition coefficient (Wildman–Crippen LogP) is 7.63. The number of para-hydroxylation sites is 3. The van der Waals surface area contributed by atoms with E-state index in [1.807, 2.05) is 79.1 Å². The van der Waals surface area contributed by atoms with E-state index >= 15 is 0 Å². The first-order chi connectivity index (χ1) is 20.8. The molecule has 0 aliphatic carbocycles. The Bertz CT molecular complexity index is 2400. The number of benzene rings is 5. The molecular formula is C35H21N7. The van der Waals surface area contributed by atoms with Gasteiger partial charge in [-0.2, -0.15) is 0 Å². The third-order valence-electron chi connectivity index (χ3n) is 7.82. The molecule has 9 rings (SSSR count). The van der Waals surface area contributed by atoms with Crippen LogP contribution >= 0.6 is 0 Å². The molecule has 0 aliphatic heterocycles. The summed E-state index contributed by atoms with van der Waals surface area (Å²) in [7, 11) is 0. The molecule has 0 radical (unpaired) electrons. The van der Waals surface area contributed by atoms with Crippen molar-refractivity contribution in [2.45, 2.75) is 0 Å². The van der Waals surface area contributed by atoms with Gasteiger partial charge in [0.15, 0.2) is 23.3 Å². The lowest BCUT2D eigenvalue weighted by Gasteiger charge is -2.11. The minimum atomic E-state index is 0.504. The van der Waals surface area contributed by atoms with Crippen molar-refractivity contribution in [2.24, 2.45) is 0 Å². The number of nitrogens with zero attached hydrogens (tertiary/aromatic N) is 7. The highest BCUT2D eigenvalue weighted by Gasteiger charge is 2.21. The Labute approximate surface area is 239 Å². The zero-order valence-corrected chi connectivity index (χ0v) is 22.3. The first-order valence-corrected chi connectivity index (χ1v) is 13.8. The Morgan fingerprint density at radius 2 is 1.02 bits per heavy atom. The van der Waals surface area contributed by atoms with Crippen LogP contribution in [-0.4, -0.2) is 33.7 Å². The fraction of sp³-hybridized carbons (Fsp3) is 0. The zero-order valence-electron chi connectivity index (χ0n) is 22.3. The first kappa shape index (κ1) is 22.8. The van der Waals surface area contributed by atoms with Crippen LogP contribution in [0, 0.1) is 0 Å². The van der Waals surface area contributed by atoms with E-state index in [1.54, 1.807) is 0 Å². The van der Waals surface area contributed by atoms with Gasteiger partial charge in [0.25, 0.3) is 0 Å². The third-order valence-corrected chi connectivity index (χ3v) is 7.82. The highest BCUT2D eigenvalue weighted by Crippen LogP contribution is 2.34. The van der Waals surface area contributed by atoms with Gasteiger partial charge in [0.05, 0.1) is 33.1 Å². The van der Waals surface area contributed by atoms with Crippen LogP contribution in [0.2, 0.25) is 0 Å². The van der Waals surface area contributed by atoms with Crippen LogP contribution in [0.5, 0.6) is 0 Å². The molecule has 0 spiro atoms. The molecule has 42 heavy (non-hydrogen) atoms. The fourth-order valence-electron chi connectivity index (χ4n) is 5.96. The van der Waals surface area contributed by atoms with Crippen molar-refractivity contribution in [2.75, 3.05) is 0 Å². The van der Waals surface area contributed by atoms with E-state index in [9.17, 15) is 0 Å². The Kier molecular flexibility index (Phi) is 4.77. The van der Waals surface area contributed by atoms with E-state index in [4.69, 9.17) is 24.9 Å². The average molecular weight is 540 g/mol. The molecule has 5 aromatic carbocycles. The van der Waals surface area contributed by atoms with Gasteiger partial charge in [0.1, 0.15) is 6.33 Å². The highest BCUT2D eigenvalue weighted by molar-refractivity contribution is 6.11. The van der Waals surface area contributed by atoms with Crippen LogP contribution in [0.1, 0.15) is 0 Å². The van der Waals surface area contributed by atoms with Crippen molar-refractivity contribution in [1.29, 1.82) is 0 Å². The maximum Gasteiger partial charge on any atom is 0.200 e. The van der Waals surface area contributed by atoms with Crippen LogP contribution in [-0.2, 0) is 0 Å². The van der Waals surface area contributed by atoms with Crippen molar-refractivity contribution >= 4 is 43.9 Å². The topological polar surface area (TPSA) is 73.3 Å².